The molecule has 0 aliphatic rings. The van der Waals surface area contributed by atoms with E-state index in [2.05, 4.69) is 15.2 Å². The van der Waals surface area contributed by atoms with Crippen LogP contribution in [-0.4, -0.2) is 38.7 Å². The van der Waals surface area contributed by atoms with Crippen molar-refractivity contribution in [2.24, 2.45) is 0 Å². The van der Waals surface area contributed by atoms with Gasteiger partial charge in [0.15, 0.2) is 10.8 Å². The number of aromatic amines is 1. The Morgan fingerprint density at radius 3 is 2.74 bits per heavy atom. The van der Waals surface area contributed by atoms with Crippen LogP contribution in [0.25, 0.3) is 0 Å². The van der Waals surface area contributed by atoms with Crippen LogP contribution < -0.4 is 4.90 Å². The third-order valence-electron chi connectivity index (χ3n) is 2.43. The normalized spacial score (nSPS) is 10.4. The average molecular weight is 280 g/mol. The van der Waals surface area contributed by atoms with E-state index in [4.69, 9.17) is 5.11 Å². The van der Waals surface area contributed by atoms with Gasteiger partial charge >= 0.3 is 5.97 Å². The largest absolute Gasteiger partial charge is 0.477 e. The zero-order valence-electron chi connectivity index (χ0n) is 10.4. The van der Waals surface area contributed by atoms with E-state index in [9.17, 15) is 9.59 Å². The van der Waals surface area contributed by atoms with Crippen molar-refractivity contribution in [1.82, 2.24) is 15.2 Å². The summed E-state index contributed by atoms with van der Waals surface area (Å²) in [7, 11) is 0. The molecule has 1 amide bonds. The minimum absolute atomic E-state index is 0.0621. The number of thiazole rings is 1. The standard InChI is InChI=1S/C11H12N4O3S/c1-3-15(11-12-6(2)5-19-11)9(16)7-4-8(10(17)18)14-13-7/h4-5H,3H2,1-2H3,(H,13,14)(H,17,18). The van der Waals surface area contributed by atoms with E-state index in [0.29, 0.717) is 11.7 Å². The maximum absolute atomic E-state index is 12.2. The van der Waals surface area contributed by atoms with Crippen molar-refractivity contribution in [3.05, 3.63) is 28.5 Å². The number of aryl methyl sites for hydroxylation is 1. The molecule has 2 aromatic heterocycles. The maximum atomic E-state index is 12.2. The Bertz CT molecular complexity index is 619. The molecule has 2 heterocycles. The van der Waals surface area contributed by atoms with Gasteiger partial charge < -0.3 is 5.11 Å². The van der Waals surface area contributed by atoms with E-state index >= 15 is 0 Å². The number of amides is 1. The van der Waals surface area contributed by atoms with Crippen LogP contribution in [-0.2, 0) is 0 Å². The summed E-state index contributed by atoms with van der Waals surface area (Å²) >= 11 is 1.36. The highest BCUT2D eigenvalue weighted by molar-refractivity contribution is 7.14. The van der Waals surface area contributed by atoms with Gasteiger partial charge in [-0.1, -0.05) is 0 Å². The highest BCUT2D eigenvalue weighted by Crippen LogP contribution is 2.21. The summed E-state index contributed by atoms with van der Waals surface area (Å²) in [5.74, 6) is -1.53. The molecule has 2 rings (SSSR count). The molecule has 2 aromatic rings. The number of hydrogen-bond acceptors (Lipinski definition) is 5. The molecule has 0 bridgehead atoms. The van der Waals surface area contributed by atoms with Gasteiger partial charge in [-0.25, -0.2) is 9.78 Å². The number of carboxylic acid groups (broad SMARTS) is 1. The lowest BCUT2D eigenvalue weighted by Crippen LogP contribution is -2.30. The smallest absolute Gasteiger partial charge is 0.353 e. The SMILES string of the molecule is CCN(C(=O)c1cc(C(=O)O)[nH]n1)c1nc(C)cs1. The summed E-state index contributed by atoms with van der Waals surface area (Å²) in [6.45, 7) is 4.09. The number of nitrogens with zero attached hydrogens (tertiary/aromatic N) is 3. The Morgan fingerprint density at radius 2 is 2.26 bits per heavy atom. The third-order valence-corrected chi connectivity index (χ3v) is 3.41. The van der Waals surface area contributed by atoms with Crippen LogP contribution >= 0.6 is 11.3 Å². The van der Waals surface area contributed by atoms with E-state index in [-0.39, 0.29) is 17.3 Å². The summed E-state index contributed by atoms with van der Waals surface area (Å²) in [6, 6.07) is 1.22. The van der Waals surface area contributed by atoms with Gasteiger partial charge in [0.05, 0.1) is 5.69 Å². The number of carbonyl (C=O) groups excluding carboxylic acids is 1. The third kappa shape index (κ3) is 2.63. The predicted molar refractivity (Wildman–Crippen MR) is 69.7 cm³/mol. The first-order valence-corrected chi connectivity index (χ1v) is 6.43. The molecule has 0 saturated carbocycles. The molecule has 7 nitrogen and oxygen atoms in total. The first kappa shape index (κ1) is 13.2. The number of H-pyrrole nitrogens is 1. The number of carboxylic acids is 1. The molecule has 0 aliphatic heterocycles. The molecule has 0 fully saturated rings. The summed E-state index contributed by atoms with van der Waals surface area (Å²) < 4.78 is 0. The molecule has 0 aromatic carbocycles. The lowest BCUT2D eigenvalue weighted by Gasteiger charge is -2.15. The number of aromatic nitrogens is 3. The number of anilines is 1. The molecule has 0 unspecified atom stereocenters. The van der Waals surface area contributed by atoms with Crippen LogP contribution in [0.1, 0.15) is 33.6 Å². The lowest BCUT2D eigenvalue weighted by atomic mass is 10.3. The fraction of sp³-hybridized carbons (Fsp3) is 0.273. The zero-order valence-corrected chi connectivity index (χ0v) is 11.2. The molecule has 0 radical (unpaired) electrons. The lowest BCUT2D eigenvalue weighted by molar-refractivity contribution is 0.0690. The van der Waals surface area contributed by atoms with E-state index in [1.54, 1.807) is 0 Å². The maximum Gasteiger partial charge on any atom is 0.353 e. The van der Waals surface area contributed by atoms with Gasteiger partial charge in [0, 0.05) is 18.0 Å². The molecule has 8 heteroatoms. The quantitative estimate of drug-likeness (QED) is 0.885. The molecule has 100 valence electrons. The highest BCUT2D eigenvalue weighted by Gasteiger charge is 2.22. The van der Waals surface area contributed by atoms with Crippen LogP contribution in [0, 0.1) is 6.92 Å². The second-order valence-corrected chi connectivity index (χ2v) is 4.63. The summed E-state index contributed by atoms with van der Waals surface area (Å²) in [6.07, 6.45) is 0. The van der Waals surface area contributed by atoms with Crippen molar-refractivity contribution in [3.63, 3.8) is 0 Å². The van der Waals surface area contributed by atoms with Gasteiger partial charge in [0.25, 0.3) is 5.91 Å². The van der Waals surface area contributed by atoms with E-state index in [0.717, 1.165) is 5.69 Å². The van der Waals surface area contributed by atoms with E-state index < -0.39 is 5.97 Å². The minimum atomic E-state index is -1.15. The molecular formula is C11H12N4O3S. The van der Waals surface area contributed by atoms with Crippen molar-refractivity contribution in [1.29, 1.82) is 0 Å². The minimum Gasteiger partial charge on any atom is -0.477 e. The van der Waals surface area contributed by atoms with Gasteiger partial charge in [0.2, 0.25) is 0 Å². The van der Waals surface area contributed by atoms with Gasteiger partial charge in [-0.05, 0) is 13.8 Å². The second kappa shape index (κ2) is 5.19. The first-order chi connectivity index (χ1) is 9.02. The molecule has 19 heavy (non-hydrogen) atoms. The van der Waals surface area contributed by atoms with Crippen LogP contribution in [0.4, 0.5) is 5.13 Å². The number of rotatable bonds is 4. The Morgan fingerprint density at radius 1 is 1.53 bits per heavy atom. The van der Waals surface area contributed by atoms with Crippen molar-refractivity contribution in [2.75, 3.05) is 11.4 Å². The van der Waals surface area contributed by atoms with Crippen molar-refractivity contribution in [2.45, 2.75) is 13.8 Å². The Labute approximate surface area is 112 Å². The Hall–Kier alpha value is -2.22. The second-order valence-electron chi connectivity index (χ2n) is 3.79. The van der Waals surface area contributed by atoms with Crippen LogP contribution in [0.15, 0.2) is 11.4 Å². The van der Waals surface area contributed by atoms with Gasteiger partial charge in [-0.2, -0.15) is 5.10 Å². The first-order valence-electron chi connectivity index (χ1n) is 5.55. The number of nitrogens with one attached hydrogen (secondary N) is 1. The van der Waals surface area contributed by atoms with E-state index in [1.165, 1.54) is 22.3 Å². The van der Waals surface area contributed by atoms with E-state index in [1.807, 2.05) is 19.2 Å². The zero-order chi connectivity index (χ0) is 14.0. The van der Waals surface area contributed by atoms with Gasteiger partial charge in [0.1, 0.15) is 5.69 Å². The van der Waals surface area contributed by atoms with Crippen LogP contribution in [0.3, 0.4) is 0 Å². The molecule has 0 aliphatic carbocycles. The Kier molecular flexibility index (Phi) is 3.61. The molecular weight excluding hydrogens is 268 g/mol. The number of aromatic carboxylic acids is 1. The topological polar surface area (TPSA) is 99.2 Å². The van der Waals surface area contributed by atoms with Gasteiger partial charge in [-0.3, -0.25) is 14.8 Å². The molecule has 0 atom stereocenters. The average Bonchev–Trinajstić information content (AvgIpc) is 2.99. The van der Waals surface area contributed by atoms with Crippen molar-refractivity contribution in [3.8, 4) is 0 Å². The predicted octanol–water partition coefficient (Wildman–Crippen LogP) is 1.54. The highest BCUT2D eigenvalue weighted by atomic mass is 32.1. The number of carbonyl (C=O) groups is 2. The summed E-state index contributed by atoms with van der Waals surface area (Å²) in [5, 5.41) is 17.2. The fourth-order valence-corrected chi connectivity index (χ4v) is 2.37. The summed E-state index contributed by atoms with van der Waals surface area (Å²) in [5.41, 5.74) is 0.779. The Balaban J connectivity index is 2.27. The monoisotopic (exact) mass is 280 g/mol. The molecule has 0 saturated heterocycles. The van der Waals surface area contributed by atoms with Crippen molar-refractivity contribution >= 4 is 28.3 Å². The fourth-order valence-electron chi connectivity index (χ4n) is 1.51. The number of hydrogen-bond donors (Lipinski definition) is 2. The van der Waals surface area contributed by atoms with Crippen molar-refractivity contribution < 1.29 is 14.7 Å². The van der Waals surface area contributed by atoms with Crippen LogP contribution in [0.2, 0.25) is 0 Å². The van der Waals surface area contributed by atoms with Gasteiger partial charge in [-0.15, -0.1) is 11.3 Å². The molecule has 2 N–H and O–H groups in total. The van der Waals surface area contributed by atoms with Crippen LogP contribution in [0.5, 0.6) is 0 Å². The molecule has 0 spiro atoms. The summed E-state index contributed by atoms with van der Waals surface area (Å²) in [4.78, 5) is 28.7.